The lowest BCUT2D eigenvalue weighted by molar-refractivity contribution is -0.117. The number of pyridine rings is 1. The van der Waals surface area contributed by atoms with Crippen LogP contribution in [0.1, 0.15) is 36.3 Å². The molecular formula is C35H37F2N5O5. The zero-order valence-electron chi connectivity index (χ0n) is 26.6. The van der Waals surface area contributed by atoms with Crippen molar-refractivity contribution in [3.8, 4) is 28.4 Å². The SMILES string of the molecule is CCOc1ccc(-c2cc(C3=CCCN(C=O)C3)c(F)c3[nH]c(C(=O)N4CCN(c5ncc(F)cc5OC)CC4)cc23)c(OCC)c1. The average Bonchev–Trinajstić information content (AvgIpc) is 3.55. The van der Waals surface area contributed by atoms with Gasteiger partial charge in [-0.2, -0.15) is 0 Å². The summed E-state index contributed by atoms with van der Waals surface area (Å²) in [6.07, 6.45) is 4.47. The average molecular weight is 646 g/mol. The number of ether oxygens (including phenoxy) is 3. The summed E-state index contributed by atoms with van der Waals surface area (Å²) in [7, 11) is 1.46. The van der Waals surface area contributed by atoms with Crippen LogP contribution >= 0.6 is 0 Å². The summed E-state index contributed by atoms with van der Waals surface area (Å²) in [5, 5.41) is 0.530. The lowest BCUT2D eigenvalue weighted by atomic mass is 9.93. The number of H-pyrrole nitrogens is 1. The number of aromatic nitrogens is 2. The standard InChI is InChI=1S/C35H37F2N5O5/c1-4-46-24-8-9-25(30(16-24)47-5-2)27-17-26(22-7-6-10-40(20-22)21-43)32(37)33-28(27)18-29(39-33)35(44)42-13-11-41(12-14-42)34-31(45-3)15-23(36)19-38-34/h7-9,15-19,21,39H,4-6,10-14,20H2,1-3H3. The Labute approximate surface area is 271 Å². The monoisotopic (exact) mass is 645 g/mol. The van der Waals surface area contributed by atoms with Gasteiger partial charge in [-0.05, 0) is 55.7 Å². The molecule has 1 saturated heterocycles. The number of fused-ring (bicyclic) bond motifs is 1. The maximum Gasteiger partial charge on any atom is 0.270 e. The van der Waals surface area contributed by atoms with Gasteiger partial charge in [-0.1, -0.05) is 6.08 Å². The minimum Gasteiger partial charge on any atom is -0.494 e. The molecule has 2 aliphatic rings. The molecule has 246 valence electrons. The fourth-order valence-corrected chi connectivity index (χ4v) is 6.23. The molecule has 6 rings (SSSR count). The van der Waals surface area contributed by atoms with Crippen molar-refractivity contribution in [2.24, 2.45) is 0 Å². The molecule has 47 heavy (non-hydrogen) atoms. The Balaban J connectivity index is 1.38. The van der Waals surface area contributed by atoms with Gasteiger partial charge in [0.1, 0.15) is 23.0 Å². The molecule has 0 bridgehead atoms. The summed E-state index contributed by atoms with van der Waals surface area (Å²) in [6, 6.07) is 10.3. The van der Waals surface area contributed by atoms with Crippen LogP contribution in [-0.4, -0.2) is 91.7 Å². The van der Waals surface area contributed by atoms with Crippen molar-refractivity contribution in [1.29, 1.82) is 0 Å². The van der Waals surface area contributed by atoms with Gasteiger partial charge in [0.05, 0.1) is 32.0 Å². The first-order valence-electron chi connectivity index (χ1n) is 15.7. The Kier molecular flexibility index (Phi) is 9.28. The molecule has 1 fully saturated rings. The third kappa shape index (κ3) is 6.32. The molecule has 0 radical (unpaired) electrons. The molecule has 2 aromatic carbocycles. The van der Waals surface area contributed by atoms with E-state index >= 15 is 4.39 Å². The first-order valence-corrected chi connectivity index (χ1v) is 15.7. The van der Waals surface area contributed by atoms with E-state index in [-0.39, 0.29) is 23.7 Å². The highest BCUT2D eigenvalue weighted by atomic mass is 19.1. The Morgan fingerprint density at radius 2 is 1.74 bits per heavy atom. The number of methoxy groups -OCH3 is 1. The van der Waals surface area contributed by atoms with Gasteiger partial charge in [-0.15, -0.1) is 0 Å². The number of piperazine rings is 1. The molecule has 2 amide bonds. The number of aromatic amines is 1. The van der Waals surface area contributed by atoms with Crippen LogP contribution in [0.2, 0.25) is 0 Å². The first-order chi connectivity index (χ1) is 22.8. The van der Waals surface area contributed by atoms with E-state index < -0.39 is 11.6 Å². The maximum atomic E-state index is 16.4. The van der Waals surface area contributed by atoms with Gasteiger partial charge in [0, 0.05) is 67.9 Å². The minimum atomic E-state index is -0.495. The Morgan fingerprint density at radius 1 is 0.957 bits per heavy atom. The molecule has 0 unspecified atom stereocenters. The molecule has 4 heterocycles. The zero-order valence-corrected chi connectivity index (χ0v) is 26.6. The van der Waals surface area contributed by atoms with E-state index in [1.165, 1.54) is 13.2 Å². The number of anilines is 1. The summed E-state index contributed by atoms with van der Waals surface area (Å²) in [5.41, 5.74) is 2.89. The Bertz CT molecular complexity index is 1830. The quantitative estimate of drug-likeness (QED) is 0.227. The summed E-state index contributed by atoms with van der Waals surface area (Å²) < 4.78 is 47.2. The van der Waals surface area contributed by atoms with Crippen LogP contribution in [0.4, 0.5) is 14.6 Å². The van der Waals surface area contributed by atoms with E-state index in [4.69, 9.17) is 14.2 Å². The van der Waals surface area contributed by atoms with Crippen LogP contribution in [0.25, 0.3) is 27.6 Å². The molecule has 12 heteroatoms. The molecule has 4 aromatic rings. The number of halogens is 2. The van der Waals surface area contributed by atoms with Crippen LogP contribution in [0.15, 0.2) is 48.7 Å². The topological polar surface area (TPSA) is 100 Å². The van der Waals surface area contributed by atoms with Crippen LogP contribution < -0.4 is 19.1 Å². The number of hydrogen-bond donors (Lipinski definition) is 1. The summed E-state index contributed by atoms with van der Waals surface area (Å²) in [6.45, 7) is 7.18. The second kappa shape index (κ2) is 13.7. The van der Waals surface area contributed by atoms with Gasteiger partial charge in [0.15, 0.2) is 17.4 Å². The van der Waals surface area contributed by atoms with Gasteiger partial charge >= 0.3 is 0 Å². The number of carbonyl (C=O) groups is 2. The van der Waals surface area contributed by atoms with E-state index in [0.717, 1.165) is 18.2 Å². The van der Waals surface area contributed by atoms with Crippen LogP contribution in [0, 0.1) is 11.6 Å². The Morgan fingerprint density at radius 3 is 2.47 bits per heavy atom. The third-order valence-electron chi connectivity index (χ3n) is 8.50. The number of nitrogens with zero attached hydrogens (tertiary/aromatic N) is 4. The maximum absolute atomic E-state index is 16.4. The lowest BCUT2D eigenvalue weighted by Gasteiger charge is -2.35. The summed E-state index contributed by atoms with van der Waals surface area (Å²) in [5.74, 6) is 0.789. The molecule has 0 atom stereocenters. The number of hydrogen-bond acceptors (Lipinski definition) is 7. The third-order valence-corrected chi connectivity index (χ3v) is 8.50. The highest BCUT2D eigenvalue weighted by Gasteiger charge is 2.28. The smallest absolute Gasteiger partial charge is 0.270 e. The molecule has 10 nitrogen and oxygen atoms in total. The van der Waals surface area contributed by atoms with E-state index in [9.17, 15) is 14.0 Å². The predicted molar refractivity (Wildman–Crippen MR) is 175 cm³/mol. The second-order valence-corrected chi connectivity index (χ2v) is 11.3. The highest BCUT2D eigenvalue weighted by Crippen LogP contribution is 2.41. The number of amides is 2. The number of nitrogens with one attached hydrogen (secondary N) is 1. The van der Waals surface area contributed by atoms with Crippen molar-refractivity contribution in [1.82, 2.24) is 19.8 Å². The van der Waals surface area contributed by atoms with E-state index in [1.807, 2.05) is 43.0 Å². The minimum absolute atomic E-state index is 0.195. The van der Waals surface area contributed by atoms with Crippen molar-refractivity contribution in [3.05, 3.63) is 71.6 Å². The highest BCUT2D eigenvalue weighted by molar-refractivity contribution is 6.05. The molecule has 2 aromatic heterocycles. The first kappa shape index (κ1) is 31.8. The van der Waals surface area contributed by atoms with Crippen molar-refractivity contribution < 1.29 is 32.6 Å². The van der Waals surface area contributed by atoms with Gasteiger partial charge in [-0.25, -0.2) is 13.8 Å². The molecule has 0 aliphatic carbocycles. The van der Waals surface area contributed by atoms with E-state index in [0.29, 0.717) is 97.5 Å². The molecule has 0 spiro atoms. The largest absolute Gasteiger partial charge is 0.494 e. The van der Waals surface area contributed by atoms with E-state index in [2.05, 4.69) is 9.97 Å². The molecule has 2 aliphatic heterocycles. The molecule has 0 saturated carbocycles. The van der Waals surface area contributed by atoms with Crippen molar-refractivity contribution >= 4 is 34.6 Å². The number of rotatable bonds is 10. The van der Waals surface area contributed by atoms with Crippen LogP contribution in [-0.2, 0) is 4.79 Å². The van der Waals surface area contributed by atoms with Gasteiger partial charge in [-0.3, -0.25) is 9.59 Å². The van der Waals surface area contributed by atoms with Gasteiger partial charge < -0.3 is 33.9 Å². The lowest BCUT2D eigenvalue weighted by Crippen LogP contribution is -2.49. The summed E-state index contributed by atoms with van der Waals surface area (Å²) in [4.78, 5) is 38.0. The molecular weight excluding hydrogens is 608 g/mol. The number of benzene rings is 2. The van der Waals surface area contributed by atoms with Crippen molar-refractivity contribution in [2.75, 3.05) is 64.5 Å². The molecule has 1 N–H and O–H groups in total. The van der Waals surface area contributed by atoms with Gasteiger partial charge in [0.25, 0.3) is 5.91 Å². The van der Waals surface area contributed by atoms with Gasteiger partial charge in [0.2, 0.25) is 6.41 Å². The van der Waals surface area contributed by atoms with Crippen LogP contribution in [0.3, 0.4) is 0 Å². The number of carbonyl (C=O) groups excluding carboxylic acids is 2. The fraction of sp³-hybridized carbons (Fsp3) is 0.343. The fourth-order valence-electron chi connectivity index (χ4n) is 6.23. The predicted octanol–water partition coefficient (Wildman–Crippen LogP) is 5.52. The zero-order chi connectivity index (χ0) is 33.1. The summed E-state index contributed by atoms with van der Waals surface area (Å²) >= 11 is 0. The van der Waals surface area contributed by atoms with Crippen LogP contribution in [0.5, 0.6) is 17.2 Å². The second-order valence-electron chi connectivity index (χ2n) is 11.3. The van der Waals surface area contributed by atoms with E-state index in [1.54, 1.807) is 21.9 Å². The normalized spacial score (nSPS) is 15.1. The van der Waals surface area contributed by atoms with Crippen molar-refractivity contribution in [2.45, 2.75) is 20.3 Å². The Hall–Kier alpha value is -5.13. The van der Waals surface area contributed by atoms with Crippen molar-refractivity contribution in [3.63, 3.8) is 0 Å².